The lowest BCUT2D eigenvalue weighted by molar-refractivity contribution is 0.0788. The second-order valence-corrected chi connectivity index (χ2v) is 6.87. The van der Waals surface area contributed by atoms with Crippen molar-refractivity contribution in [1.29, 1.82) is 0 Å². The number of hydrogen-bond donors (Lipinski definition) is 0. The van der Waals surface area contributed by atoms with E-state index in [1.807, 2.05) is 44.2 Å². The highest BCUT2D eigenvalue weighted by Crippen LogP contribution is 2.38. The van der Waals surface area contributed by atoms with Gasteiger partial charge >= 0.3 is 0 Å². The van der Waals surface area contributed by atoms with E-state index in [0.717, 1.165) is 29.3 Å². The van der Waals surface area contributed by atoms with E-state index < -0.39 is 0 Å². The van der Waals surface area contributed by atoms with Crippen LogP contribution in [-0.4, -0.2) is 15.7 Å². The summed E-state index contributed by atoms with van der Waals surface area (Å²) in [5, 5.41) is 5.09. The predicted molar refractivity (Wildman–Crippen MR) is 93.0 cm³/mol. The highest BCUT2D eigenvalue weighted by Gasteiger charge is 2.33. The maximum absolute atomic E-state index is 13.0. The van der Waals surface area contributed by atoms with Crippen molar-refractivity contribution in [3.05, 3.63) is 64.0 Å². The maximum atomic E-state index is 13.0. The van der Waals surface area contributed by atoms with Crippen LogP contribution in [0.4, 0.5) is 0 Å². The Morgan fingerprint density at radius 3 is 2.52 bits per heavy atom. The smallest absolute Gasteiger partial charge is 0.251 e. The van der Waals surface area contributed by atoms with Gasteiger partial charge in [-0.1, -0.05) is 35.4 Å². The first-order valence-corrected chi connectivity index (χ1v) is 8.32. The SMILES string of the molecule is CC1=CC[C@H](C(=O)n2nc(C)cc2C)[C@H](c2ccc(Cl)cc2)C1. The molecule has 0 unspecified atom stereocenters. The number of allylic oxidation sites excluding steroid dienone is 2. The number of halogens is 1. The minimum absolute atomic E-state index is 0.0827. The Bertz CT molecular complexity index is 758. The molecule has 1 heterocycles. The molecule has 0 amide bonds. The van der Waals surface area contributed by atoms with Crippen molar-refractivity contribution in [2.24, 2.45) is 5.92 Å². The van der Waals surface area contributed by atoms with Crippen molar-refractivity contribution in [2.75, 3.05) is 0 Å². The summed E-state index contributed by atoms with van der Waals surface area (Å²) in [4.78, 5) is 13.0. The van der Waals surface area contributed by atoms with Gasteiger partial charge < -0.3 is 0 Å². The molecule has 1 aliphatic carbocycles. The van der Waals surface area contributed by atoms with Gasteiger partial charge in [-0.25, -0.2) is 4.68 Å². The molecule has 0 N–H and O–H groups in total. The summed E-state index contributed by atoms with van der Waals surface area (Å²) in [5.41, 5.74) is 4.28. The van der Waals surface area contributed by atoms with Gasteiger partial charge in [0, 0.05) is 10.7 Å². The zero-order valence-electron chi connectivity index (χ0n) is 13.7. The summed E-state index contributed by atoms with van der Waals surface area (Å²) >= 11 is 6.01. The topological polar surface area (TPSA) is 34.9 Å². The average molecular weight is 329 g/mol. The number of nitrogens with zero attached hydrogens (tertiary/aromatic N) is 2. The van der Waals surface area contributed by atoms with Crippen LogP contribution in [0.3, 0.4) is 0 Å². The minimum Gasteiger partial charge on any atom is -0.272 e. The molecule has 3 rings (SSSR count). The first-order chi connectivity index (χ1) is 11.0. The Morgan fingerprint density at radius 2 is 1.91 bits per heavy atom. The van der Waals surface area contributed by atoms with Crippen molar-refractivity contribution in [2.45, 2.75) is 39.5 Å². The van der Waals surface area contributed by atoms with Gasteiger partial charge in [0.1, 0.15) is 0 Å². The molecule has 3 nitrogen and oxygen atoms in total. The van der Waals surface area contributed by atoms with Crippen LogP contribution >= 0.6 is 11.6 Å². The van der Waals surface area contributed by atoms with Crippen LogP contribution in [0, 0.1) is 19.8 Å². The predicted octanol–water partition coefficient (Wildman–Crippen LogP) is 4.93. The summed E-state index contributed by atoms with van der Waals surface area (Å²) in [6.45, 7) is 5.98. The lowest BCUT2D eigenvalue weighted by Gasteiger charge is -2.30. The van der Waals surface area contributed by atoms with Crippen LogP contribution in [-0.2, 0) is 0 Å². The van der Waals surface area contributed by atoms with Crippen molar-refractivity contribution in [3.8, 4) is 0 Å². The number of benzene rings is 1. The van der Waals surface area contributed by atoms with E-state index in [1.54, 1.807) is 4.68 Å². The Labute approximate surface area is 142 Å². The van der Waals surface area contributed by atoms with Crippen LogP contribution in [0.1, 0.15) is 47.4 Å². The summed E-state index contributed by atoms with van der Waals surface area (Å²) in [6.07, 6.45) is 3.84. The van der Waals surface area contributed by atoms with Gasteiger partial charge in [-0.05, 0) is 63.3 Å². The fraction of sp³-hybridized carbons (Fsp3) is 0.368. The zero-order chi connectivity index (χ0) is 16.6. The normalized spacial score (nSPS) is 21.1. The molecule has 0 saturated heterocycles. The lowest BCUT2D eigenvalue weighted by atomic mass is 9.75. The molecule has 0 aliphatic heterocycles. The van der Waals surface area contributed by atoms with Crippen LogP contribution < -0.4 is 0 Å². The molecule has 2 aromatic rings. The molecule has 0 spiro atoms. The van der Waals surface area contributed by atoms with Crippen LogP contribution in [0.5, 0.6) is 0 Å². The second-order valence-electron chi connectivity index (χ2n) is 6.43. The summed E-state index contributed by atoms with van der Waals surface area (Å²) in [5.74, 6) is 0.172. The van der Waals surface area contributed by atoms with E-state index >= 15 is 0 Å². The Kier molecular flexibility index (Phi) is 4.40. The number of aromatic nitrogens is 2. The molecule has 1 aromatic heterocycles. The molecule has 120 valence electrons. The van der Waals surface area contributed by atoms with E-state index in [4.69, 9.17) is 11.6 Å². The fourth-order valence-electron chi connectivity index (χ4n) is 3.41. The Morgan fingerprint density at radius 1 is 1.22 bits per heavy atom. The van der Waals surface area contributed by atoms with Gasteiger partial charge in [-0.2, -0.15) is 5.10 Å². The molecule has 4 heteroatoms. The highest BCUT2D eigenvalue weighted by molar-refractivity contribution is 6.30. The van der Waals surface area contributed by atoms with E-state index in [1.165, 1.54) is 11.1 Å². The van der Waals surface area contributed by atoms with Crippen molar-refractivity contribution in [1.82, 2.24) is 9.78 Å². The van der Waals surface area contributed by atoms with Gasteiger partial charge in [0.05, 0.1) is 11.6 Å². The molecular weight excluding hydrogens is 308 g/mol. The zero-order valence-corrected chi connectivity index (χ0v) is 14.5. The van der Waals surface area contributed by atoms with Crippen molar-refractivity contribution in [3.63, 3.8) is 0 Å². The van der Waals surface area contributed by atoms with Crippen molar-refractivity contribution >= 4 is 17.5 Å². The summed E-state index contributed by atoms with van der Waals surface area (Å²) < 4.78 is 1.57. The summed E-state index contributed by atoms with van der Waals surface area (Å²) in [6, 6.07) is 9.81. The minimum atomic E-state index is -0.0853. The number of carbonyl (C=O) groups excluding carboxylic acids is 1. The summed E-state index contributed by atoms with van der Waals surface area (Å²) in [7, 11) is 0. The van der Waals surface area contributed by atoms with Gasteiger partial charge in [0.2, 0.25) is 0 Å². The van der Waals surface area contributed by atoms with E-state index in [0.29, 0.717) is 0 Å². The number of aryl methyl sites for hydroxylation is 2. The first kappa shape index (κ1) is 16.0. The molecule has 0 radical (unpaired) electrons. The van der Waals surface area contributed by atoms with Gasteiger partial charge in [0.15, 0.2) is 0 Å². The molecule has 0 fully saturated rings. The van der Waals surface area contributed by atoms with E-state index in [9.17, 15) is 4.79 Å². The molecule has 0 bridgehead atoms. The van der Waals surface area contributed by atoms with Gasteiger partial charge in [0.25, 0.3) is 5.91 Å². The number of rotatable bonds is 2. The molecule has 2 atom stereocenters. The quantitative estimate of drug-likeness (QED) is 0.732. The second kappa shape index (κ2) is 6.32. The Hall–Kier alpha value is -1.87. The third-order valence-corrected chi connectivity index (χ3v) is 4.83. The molecule has 1 aliphatic rings. The van der Waals surface area contributed by atoms with Crippen LogP contribution in [0.15, 0.2) is 42.0 Å². The standard InChI is InChI=1S/C19H21ClN2O/c1-12-4-9-17(19(23)22-14(3)11-13(2)21-22)18(10-12)15-5-7-16(20)8-6-15/h4-8,11,17-18H,9-10H2,1-3H3/t17-,18-/m0/s1. The average Bonchev–Trinajstić information content (AvgIpc) is 2.86. The third kappa shape index (κ3) is 3.25. The molecular formula is C19H21ClN2O. The van der Waals surface area contributed by atoms with Crippen molar-refractivity contribution < 1.29 is 4.79 Å². The van der Waals surface area contributed by atoms with E-state index in [2.05, 4.69) is 18.1 Å². The maximum Gasteiger partial charge on any atom is 0.251 e. The molecule has 1 aromatic carbocycles. The van der Waals surface area contributed by atoms with Gasteiger partial charge in [-0.15, -0.1) is 0 Å². The Balaban J connectivity index is 1.96. The molecule has 23 heavy (non-hydrogen) atoms. The fourth-order valence-corrected chi connectivity index (χ4v) is 3.53. The third-order valence-electron chi connectivity index (χ3n) is 4.58. The van der Waals surface area contributed by atoms with Gasteiger partial charge in [-0.3, -0.25) is 4.79 Å². The van der Waals surface area contributed by atoms with E-state index in [-0.39, 0.29) is 17.7 Å². The van der Waals surface area contributed by atoms with Crippen LogP contribution in [0.2, 0.25) is 5.02 Å². The highest BCUT2D eigenvalue weighted by atomic mass is 35.5. The molecule has 0 saturated carbocycles. The number of hydrogen-bond acceptors (Lipinski definition) is 2. The largest absolute Gasteiger partial charge is 0.272 e. The monoisotopic (exact) mass is 328 g/mol. The lowest BCUT2D eigenvalue weighted by Crippen LogP contribution is -2.30. The number of carbonyl (C=O) groups is 1. The van der Waals surface area contributed by atoms with Crippen LogP contribution in [0.25, 0.3) is 0 Å². The first-order valence-electron chi connectivity index (χ1n) is 7.94.